The maximum atomic E-state index is 12.4. The van der Waals surface area contributed by atoms with Crippen LogP contribution in [0.4, 0.5) is 4.79 Å². The summed E-state index contributed by atoms with van der Waals surface area (Å²) in [7, 11) is 5.01. The highest BCUT2D eigenvalue weighted by Gasteiger charge is 2.47. The molecule has 0 aromatic heterocycles. The molecule has 1 aliphatic rings. The number of hydrogen-bond acceptors (Lipinski definition) is 6. The van der Waals surface area contributed by atoms with Crippen LogP contribution in [0.3, 0.4) is 0 Å². The molecule has 152 valence electrons. The zero-order valence-electron chi connectivity index (χ0n) is 17.7. The molecule has 1 aliphatic heterocycles. The Morgan fingerprint density at radius 3 is 2.12 bits per heavy atom. The van der Waals surface area contributed by atoms with Crippen molar-refractivity contribution in [3.05, 3.63) is 0 Å². The summed E-state index contributed by atoms with van der Waals surface area (Å²) in [5.74, 6) is -0.507. The quantitative estimate of drug-likeness (QED) is 0.681. The number of methoxy groups -OCH3 is 1. The van der Waals surface area contributed by atoms with E-state index in [4.69, 9.17) is 4.74 Å². The van der Waals surface area contributed by atoms with Gasteiger partial charge >= 0.3 is 18.0 Å². The lowest BCUT2D eigenvalue weighted by molar-refractivity contribution is -0.148. The van der Waals surface area contributed by atoms with E-state index in [1.54, 1.807) is 23.8 Å². The summed E-state index contributed by atoms with van der Waals surface area (Å²) < 4.78 is 9.32. The lowest BCUT2D eigenvalue weighted by Crippen LogP contribution is -2.53. The summed E-state index contributed by atoms with van der Waals surface area (Å²) in [5, 5.41) is 0. The van der Waals surface area contributed by atoms with E-state index in [0.29, 0.717) is 19.7 Å². The molecule has 1 unspecified atom stereocenters. The van der Waals surface area contributed by atoms with Gasteiger partial charge in [0, 0.05) is 26.1 Å². The molecule has 2 atom stereocenters. The monoisotopic (exact) mass is 373 g/mol. The Morgan fingerprint density at radius 2 is 1.85 bits per heavy atom. The van der Waals surface area contributed by atoms with Crippen LogP contribution < -0.4 is 0 Å². The number of carbonyl (C=O) groups excluding carboxylic acids is 3. The van der Waals surface area contributed by atoms with E-state index in [1.165, 1.54) is 14.0 Å². The highest BCUT2D eigenvalue weighted by atomic mass is 16.5. The molecule has 0 spiro atoms. The Labute approximate surface area is 157 Å². The second-order valence-corrected chi connectivity index (χ2v) is 7.21. The summed E-state index contributed by atoms with van der Waals surface area (Å²) in [4.78, 5) is 39.7. The highest BCUT2D eigenvalue weighted by molar-refractivity contribution is 5.82. The van der Waals surface area contributed by atoms with Crippen molar-refractivity contribution < 1.29 is 23.9 Å². The van der Waals surface area contributed by atoms with Gasteiger partial charge in [-0.05, 0) is 41.3 Å². The smallest absolute Gasteiger partial charge is 0.325 e. The van der Waals surface area contributed by atoms with Gasteiger partial charge in [-0.25, -0.2) is 4.79 Å². The Bertz CT molecular complexity index is 490. The number of ether oxygens (including phenoxy) is 2. The van der Waals surface area contributed by atoms with Crippen LogP contribution in [0.2, 0.25) is 0 Å². The average molecular weight is 373 g/mol. The van der Waals surface area contributed by atoms with E-state index < -0.39 is 6.04 Å². The van der Waals surface area contributed by atoms with Gasteiger partial charge in [0.1, 0.15) is 6.04 Å². The van der Waals surface area contributed by atoms with Crippen molar-refractivity contribution in [2.45, 2.75) is 59.2 Å². The fraction of sp³-hybridized carbons (Fsp3) is 0.833. The van der Waals surface area contributed by atoms with Gasteiger partial charge < -0.3 is 19.3 Å². The molecule has 0 aromatic carbocycles. The van der Waals surface area contributed by atoms with E-state index >= 15 is 0 Å². The summed E-state index contributed by atoms with van der Waals surface area (Å²) >= 11 is 0. The molecule has 0 aliphatic carbocycles. The van der Waals surface area contributed by atoms with Gasteiger partial charge in [0.05, 0.1) is 19.8 Å². The molecule has 8 heteroatoms. The molecule has 2 amide bonds. The van der Waals surface area contributed by atoms with E-state index in [2.05, 4.69) is 4.74 Å². The highest BCUT2D eigenvalue weighted by Crippen LogP contribution is 2.26. The van der Waals surface area contributed by atoms with Gasteiger partial charge in [-0.3, -0.25) is 14.5 Å². The van der Waals surface area contributed by atoms with Crippen molar-refractivity contribution in [3.8, 4) is 0 Å². The molecule has 0 radical (unpaired) electrons. The van der Waals surface area contributed by atoms with E-state index in [1.807, 2.05) is 39.6 Å². The molecule has 26 heavy (non-hydrogen) atoms. The number of carbonyl (C=O) groups is 3. The zero-order valence-corrected chi connectivity index (χ0v) is 17.7. The summed E-state index contributed by atoms with van der Waals surface area (Å²) in [5.41, 5.74) is -0.258. The number of esters is 2. The van der Waals surface area contributed by atoms with Crippen LogP contribution in [0.5, 0.6) is 0 Å². The molecule has 1 rings (SSSR count). The number of likely N-dealkylation sites (N-methyl/N-ethyl adjacent to an activating group) is 2. The number of rotatable bonds is 5. The SMILES string of the molecule is CCN(C)[C@@H](C(=O)OC)C1CN(C(C)(C)C)C(=O)N1C.CCOC(C)=O. The zero-order chi connectivity index (χ0) is 20.7. The first kappa shape index (κ1) is 24.2. The Kier molecular flexibility index (Phi) is 9.62. The number of amides is 2. The minimum absolute atomic E-state index is 0.0408. The van der Waals surface area contributed by atoms with Crippen molar-refractivity contribution in [2.24, 2.45) is 0 Å². The first-order valence-corrected chi connectivity index (χ1v) is 8.88. The number of urea groups is 1. The molecule has 1 saturated heterocycles. The van der Waals surface area contributed by atoms with Crippen molar-refractivity contribution in [1.29, 1.82) is 0 Å². The molecular weight excluding hydrogens is 338 g/mol. The summed E-state index contributed by atoms with van der Waals surface area (Å²) in [6.07, 6.45) is 0. The first-order valence-electron chi connectivity index (χ1n) is 8.88. The molecule has 0 saturated carbocycles. The molecule has 0 aromatic rings. The molecule has 0 bridgehead atoms. The van der Waals surface area contributed by atoms with Crippen molar-refractivity contribution in [1.82, 2.24) is 14.7 Å². The lowest BCUT2D eigenvalue weighted by Gasteiger charge is -2.33. The predicted molar refractivity (Wildman–Crippen MR) is 99.8 cm³/mol. The standard InChI is InChI=1S/C14H27N3O3.C4H8O2/c1-8-15(5)11(12(18)20-7)10-9-17(14(2,3)4)13(19)16(10)6;1-3-6-4(2)5/h10-11H,8-9H2,1-7H3;3H2,1-2H3/t10?,11-;/m1./s1. The normalized spacial score (nSPS) is 18.4. The van der Waals surface area contributed by atoms with E-state index in [-0.39, 0.29) is 29.6 Å². The largest absolute Gasteiger partial charge is 0.468 e. The molecule has 8 nitrogen and oxygen atoms in total. The third kappa shape index (κ3) is 6.48. The van der Waals surface area contributed by atoms with Crippen molar-refractivity contribution in [2.75, 3.05) is 40.9 Å². The summed E-state index contributed by atoms with van der Waals surface area (Å²) in [6, 6.07) is -0.675. The van der Waals surface area contributed by atoms with Gasteiger partial charge in [0.2, 0.25) is 0 Å². The van der Waals surface area contributed by atoms with Crippen molar-refractivity contribution in [3.63, 3.8) is 0 Å². The second kappa shape index (κ2) is 10.4. The van der Waals surface area contributed by atoms with Gasteiger partial charge in [-0.2, -0.15) is 0 Å². The molecule has 1 heterocycles. The number of hydrogen-bond donors (Lipinski definition) is 0. The van der Waals surface area contributed by atoms with Crippen LogP contribution in [-0.2, 0) is 19.1 Å². The van der Waals surface area contributed by atoms with Crippen LogP contribution in [0.1, 0.15) is 41.5 Å². The molecular formula is C18H35N3O5. The maximum Gasteiger partial charge on any atom is 0.325 e. The first-order chi connectivity index (χ1) is 11.9. The second-order valence-electron chi connectivity index (χ2n) is 7.21. The van der Waals surface area contributed by atoms with E-state index in [9.17, 15) is 14.4 Å². The Balaban J connectivity index is 0.000000896. The lowest BCUT2D eigenvalue weighted by atomic mass is 10.0. The van der Waals surface area contributed by atoms with Gasteiger partial charge in [-0.1, -0.05) is 6.92 Å². The van der Waals surface area contributed by atoms with Crippen molar-refractivity contribution >= 4 is 18.0 Å². The molecule has 0 N–H and O–H groups in total. The minimum Gasteiger partial charge on any atom is -0.468 e. The number of nitrogens with zero attached hydrogens (tertiary/aromatic N) is 3. The maximum absolute atomic E-state index is 12.4. The average Bonchev–Trinajstić information content (AvgIpc) is 2.84. The third-order valence-corrected chi connectivity index (χ3v) is 4.34. The minimum atomic E-state index is -0.439. The van der Waals surface area contributed by atoms with Crippen LogP contribution in [-0.4, -0.2) is 91.2 Å². The van der Waals surface area contributed by atoms with Gasteiger partial charge in [0.15, 0.2) is 0 Å². The predicted octanol–water partition coefficient (Wildman–Crippen LogP) is 1.58. The fourth-order valence-electron chi connectivity index (χ4n) is 2.74. The van der Waals surface area contributed by atoms with Crippen LogP contribution >= 0.6 is 0 Å². The van der Waals surface area contributed by atoms with Crippen LogP contribution in [0.15, 0.2) is 0 Å². The summed E-state index contributed by atoms with van der Waals surface area (Å²) in [6.45, 7) is 12.9. The Hall–Kier alpha value is -1.83. The molecule has 1 fully saturated rings. The third-order valence-electron chi connectivity index (χ3n) is 4.34. The fourth-order valence-corrected chi connectivity index (χ4v) is 2.74. The van der Waals surface area contributed by atoms with Gasteiger partial charge in [-0.15, -0.1) is 0 Å². The topological polar surface area (TPSA) is 79.4 Å². The van der Waals surface area contributed by atoms with Crippen LogP contribution in [0.25, 0.3) is 0 Å². The van der Waals surface area contributed by atoms with E-state index in [0.717, 1.165) is 0 Å². The Morgan fingerprint density at radius 1 is 1.31 bits per heavy atom. The van der Waals surface area contributed by atoms with Crippen LogP contribution in [0, 0.1) is 0 Å². The van der Waals surface area contributed by atoms with Gasteiger partial charge in [0.25, 0.3) is 0 Å².